The largest absolute Gasteiger partial charge is 0.478 e. The minimum Gasteiger partial charge on any atom is -0.478 e. The molecule has 0 radical (unpaired) electrons. The number of hydrogen-bond acceptors (Lipinski definition) is 2. The first-order chi connectivity index (χ1) is 8.74. The first-order valence-electron chi connectivity index (χ1n) is 5.72. The van der Waals surface area contributed by atoms with Gasteiger partial charge in [-0.05, 0) is 22.8 Å². The lowest BCUT2D eigenvalue weighted by atomic mass is 10.0. The van der Waals surface area contributed by atoms with Crippen molar-refractivity contribution in [1.29, 1.82) is 0 Å². The second-order valence-electron chi connectivity index (χ2n) is 4.27. The number of carboxylic acid groups (broad SMARTS) is 1. The monoisotopic (exact) mass is 240 g/mol. The number of hydrogen-bond donors (Lipinski definition) is 1. The number of carbonyl (C=O) groups is 1. The fourth-order valence-corrected chi connectivity index (χ4v) is 2.64. The summed E-state index contributed by atoms with van der Waals surface area (Å²) in [6, 6.07) is 13.2. The normalized spacial score (nSPS) is 16.2. The van der Waals surface area contributed by atoms with Gasteiger partial charge in [-0.1, -0.05) is 36.4 Å². The van der Waals surface area contributed by atoms with Crippen molar-refractivity contribution >= 4 is 5.97 Å². The third kappa shape index (κ3) is 1.38. The van der Waals surface area contributed by atoms with Crippen molar-refractivity contribution in [3.8, 4) is 11.1 Å². The Kier molecular flexibility index (Phi) is 2.42. The molecule has 1 aliphatic rings. The van der Waals surface area contributed by atoms with E-state index in [1.807, 2.05) is 30.3 Å². The Morgan fingerprint density at radius 3 is 2.56 bits per heavy atom. The van der Waals surface area contributed by atoms with E-state index in [4.69, 9.17) is 4.74 Å². The summed E-state index contributed by atoms with van der Waals surface area (Å²) in [5.74, 6) is -0.915. The molecular formula is C15H12O3. The van der Waals surface area contributed by atoms with Gasteiger partial charge in [0.15, 0.2) is 0 Å². The highest BCUT2D eigenvalue weighted by atomic mass is 16.5. The van der Waals surface area contributed by atoms with Gasteiger partial charge in [-0.25, -0.2) is 4.79 Å². The predicted molar refractivity (Wildman–Crippen MR) is 67.7 cm³/mol. The molecule has 90 valence electrons. The quantitative estimate of drug-likeness (QED) is 0.877. The van der Waals surface area contributed by atoms with Gasteiger partial charge in [0.05, 0.1) is 5.56 Å². The highest BCUT2D eigenvalue weighted by Gasteiger charge is 2.32. The molecule has 0 fully saturated rings. The molecule has 3 nitrogen and oxygen atoms in total. The summed E-state index contributed by atoms with van der Waals surface area (Å²) >= 11 is 0. The lowest BCUT2D eigenvalue weighted by Crippen LogP contribution is -2.07. The summed E-state index contributed by atoms with van der Waals surface area (Å²) in [7, 11) is 1.61. The second-order valence-corrected chi connectivity index (χ2v) is 4.27. The Balaban J connectivity index is 2.33. The summed E-state index contributed by atoms with van der Waals surface area (Å²) in [5, 5.41) is 9.29. The van der Waals surface area contributed by atoms with Crippen LogP contribution in [0.2, 0.25) is 0 Å². The first-order valence-corrected chi connectivity index (χ1v) is 5.72. The molecule has 3 rings (SSSR count). The Bertz CT molecular complexity index is 631. The number of rotatable bonds is 2. The van der Waals surface area contributed by atoms with Crippen LogP contribution in [-0.2, 0) is 4.74 Å². The topological polar surface area (TPSA) is 46.5 Å². The molecule has 1 N–H and O–H groups in total. The van der Waals surface area contributed by atoms with Crippen LogP contribution in [0.4, 0.5) is 0 Å². The molecule has 1 aliphatic carbocycles. The highest BCUT2D eigenvalue weighted by molar-refractivity contribution is 5.94. The maximum absolute atomic E-state index is 11.3. The van der Waals surface area contributed by atoms with Crippen LogP contribution >= 0.6 is 0 Å². The summed E-state index contributed by atoms with van der Waals surface area (Å²) in [6.45, 7) is 0. The molecule has 2 aromatic rings. The van der Waals surface area contributed by atoms with Crippen LogP contribution < -0.4 is 0 Å². The van der Waals surface area contributed by atoms with Gasteiger partial charge in [-0.2, -0.15) is 0 Å². The van der Waals surface area contributed by atoms with Crippen LogP contribution in [-0.4, -0.2) is 18.2 Å². The zero-order valence-electron chi connectivity index (χ0n) is 9.88. The van der Waals surface area contributed by atoms with Crippen molar-refractivity contribution in [2.45, 2.75) is 6.10 Å². The minimum absolute atomic E-state index is 0.288. The number of aromatic carboxylic acids is 1. The molecule has 0 amide bonds. The van der Waals surface area contributed by atoms with Gasteiger partial charge >= 0.3 is 5.97 Å². The molecule has 0 saturated carbocycles. The first kappa shape index (κ1) is 11.0. The van der Waals surface area contributed by atoms with Crippen LogP contribution in [0.1, 0.15) is 27.6 Å². The number of carboxylic acids is 1. The van der Waals surface area contributed by atoms with Gasteiger partial charge in [-0.3, -0.25) is 0 Å². The van der Waals surface area contributed by atoms with Crippen LogP contribution in [0.5, 0.6) is 0 Å². The van der Waals surface area contributed by atoms with Crippen molar-refractivity contribution in [3.63, 3.8) is 0 Å². The van der Waals surface area contributed by atoms with E-state index in [9.17, 15) is 9.90 Å². The predicted octanol–water partition coefficient (Wildman–Crippen LogP) is 3.10. The van der Waals surface area contributed by atoms with Gasteiger partial charge in [0.1, 0.15) is 6.10 Å². The van der Waals surface area contributed by atoms with Crippen molar-refractivity contribution in [3.05, 3.63) is 59.2 Å². The molecule has 18 heavy (non-hydrogen) atoms. The molecule has 3 heteroatoms. The molecule has 0 aliphatic heterocycles. The summed E-state index contributed by atoms with van der Waals surface area (Å²) in [4.78, 5) is 11.3. The number of methoxy groups -OCH3 is 1. The fraction of sp³-hybridized carbons (Fsp3) is 0.133. The number of ether oxygens (including phenoxy) is 1. The minimum atomic E-state index is -0.915. The Hall–Kier alpha value is -2.13. The van der Waals surface area contributed by atoms with E-state index >= 15 is 0 Å². The molecule has 1 atom stereocenters. The molecule has 0 heterocycles. The molecule has 0 spiro atoms. The van der Waals surface area contributed by atoms with Crippen molar-refractivity contribution in [2.75, 3.05) is 7.11 Å². The van der Waals surface area contributed by atoms with Gasteiger partial charge in [0, 0.05) is 12.7 Å². The van der Waals surface area contributed by atoms with E-state index in [1.54, 1.807) is 19.2 Å². The smallest absolute Gasteiger partial charge is 0.336 e. The van der Waals surface area contributed by atoms with Crippen molar-refractivity contribution in [2.24, 2.45) is 0 Å². The summed E-state index contributed by atoms with van der Waals surface area (Å²) in [5.41, 5.74) is 4.12. The molecular weight excluding hydrogens is 228 g/mol. The Labute approximate surface area is 105 Å². The SMILES string of the molecule is COC1c2ccccc2-c2cccc(C(=O)O)c21. The van der Waals surface area contributed by atoms with Crippen molar-refractivity contribution in [1.82, 2.24) is 0 Å². The summed E-state index contributed by atoms with van der Waals surface area (Å²) < 4.78 is 5.49. The van der Waals surface area contributed by atoms with E-state index in [2.05, 4.69) is 0 Å². The highest BCUT2D eigenvalue weighted by Crippen LogP contribution is 2.46. The summed E-state index contributed by atoms with van der Waals surface area (Å²) in [6.07, 6.45) is -0.288. The third-order valence-corrected chi connectivity index (χ3v) is 3.37. The number of benzene rings is 2. The van der Waals surface area contributed by atoms with Gasteiger partial charge in [0.2, 0.25) is 0 Å². The third-order valence-electron chi connectivity index (χ3n) is 3.37. The van der Waals surface area contributed by atoms with Gasteiger partial charge in [-0.15, -0.1) is 0 Å². The van der Waals surface area contributed by atoms with E-state index in [-0.39, 0.29) is 6.10 Å². The second kappa shape index (κ2) is 3.96. The Morgan fingerprint density at radius 2 is 1.83 bits per heavy atom. The van der Waals surface area contributed by atoms with Crippen LogP contribution in [0.15, 0.2) is 42.5 Å². The lowest BCUT2D eigenvalue weighted by Gasteiger charge is -2.13. The molecule has 0 saturated heterocycles. The fourth-order valence-electron chi connectivity index (χ4n) is 2.64. The van der Waals surface area contributed by atoms with E-state index in [0.717, 1.165) is 22.3 Å². The van der Waals surface area contributed by atoms with E-state index in [0.29, 0.717) is 5.56 Å². The lowest BCUT2D eigenvalue weighted by molar-refractivity contribution is 0.0688. The molecule has 1 unspecified atom stereocenters. The Morgan fingerprint density at radius 1 is 1.11 bits per heavy atom. The molecule has 0 aromatic heterocycles. The average molecular weight is 240 g/mol. The van der Waals surface area contributed by atoms with Crippen LogP contribution in [0.25, 0.3) is 11.1 Å². The van der Waals surface area contributed by atoms with Gasteiger partial charge < -0.3 is 9.84 Å². The van der Waals surface area contributed by atoms with Gasteiger partial charge in [0.25, 0.3) is 0 Å². The van der Waals surface area contributed by atoms with E-state index in [1.165, 1.54) is 0 Å². The van der Waals surface area contributed by atoms with E-state index < -0.39 is 5.97 Å². The maximum Gasteiger partial charge on any atom is 0.336 e. The zero-order chi connectivity index (χ0) is 12.7. The molecule has 2 aromatic carbocycles. The zero-order valence-corrected chi connectivity index (χ0v) is 9.88. The van der Waals surface area contributed by atoms with Crippen LogP contribution in [0, 0.1) is 0 Å². The van der Waals surface area contributed by atoms with Crippen molar-refractivity contribution < 1.29 is 14.6 Å². The maximum atomic E-state index is 11.3. The average Bonchev–Trinajstić information content (AvgIpc) is 2.72. The molecule has 0 bridgehead atoms. The number of fused-ring (bicyclic) bond motifs is 3. The van der Waals surface area contributed by atoms with Crippen LogP contribution in [0.3, 0.4) is 0 Å². The standard InChI is InChI=1S/C15H12O3/c1-18-14-11-6-3-2-5-9(11)10-7-4-8-12(13(10)14)15(16)17/h2-8,14H,1H3,(H,16,17).